The molecule has 2 heterocycles. The fraction of sp³-hybridized carbons (Fsp3) is 0.250. The minimum atomic E-state index is 0.238. The molecule has 3 N–H and O–H groups in total. The second kappa shape index (κ2) is 4.69. The van der Waals surface area contributed by atoms with E-state index in [1.165, 1.54) is 12.7 Å². The van der Waals surface area contributed by atoms with E-state index >= 15 is 0 Å². The highest BCUT2D eigenvalue weighted by Gasteiger charge is 2.23. The number of para-hydroxylation sites is 1. The van der Waals surface area contributed by atoms with Crippen molar-refractivity contribution in [2.75, 3.05) is 24.0 Å². The van der Waals surface area contributed by atoms with E-state index in [1.54, 1.807) is 0 Å². The number of benzene rings is 1. The molecule has 0 radical (unpaired) electrons. The third-order valence-electron chi connectivity index (χ3n) is 3.04. The number of hydrazine groups is 1. The molecule has 0 saturated carbocycles. The number of hydrogen-bond acceptors (Lipinski definition) is 7. The fourth-order valence-electron chi connectivity index (χ4n) is 2.17. The van der Waals surface area contributed by atoms with Gasteiger partial charge in [0.1, 0.15) is 0 Å². The van der Waals surface area contributed by atoms with Crippen molar-refractivity contribution < 1.29 is 4.74 Å². The smallest absolute Gasteiger partial charge is 0.322 e. The molecule has 0 amide bonds. The van der Waals surface area contributed by atoms with Crippen molar-refractivity contribution in [1.82, 2.24) is 15.0 Å². The first kappa shape index (κ1) is 11.7. The zero-order valence-corrected chi connectivity index (χ0v) is 10.5. The van der Waals surface area contributed by atoms with E-state index in [0.29, 0.717) is 5.95 Å². The summed E-state index contributed by atoms with van der Waals surface area (Å²) in [7, 11) is 1.51. The Bertz CT molecular complexity index is 580. The van der Waals surface area contributed by atoms with E-state index in [4.69, 9.17) is 10.6 Å². The van der Waals surface area contributed by atoms with E-state index in [2.05, 4.69) is 26.4 Å². The van der Waals surface area contributed by atoms with Crippen molar-refractivity contribution in [1.29, 1.82) is 0 Å². The van der Waals surface area contributed by atoms with Gasteiger partial charge in [-0.25, -0.2) is 5.84 Å². The molecule has 19 heavy (non-hydrogen) atoms. The minimum Gasteiger partial charge on any atom is -0.467 e. The molecule has 0 bridgehead atoms. The molecule has 7 nitrogen and oxygen atoms in total. The Morgan fingerprint density at radius 3 is 2.89 bits per heavy atom. The summed E-state index contributed by atoms with van der Waals surface area (Å²) in [4.78, 5) is 14.6. The summed E-state index contributed by atoms with van der Waals surface area (Å²) in [5.74, 6) is 6.17. The van der Waals surface area contributed by atoms with Crippen LogP contribution < -0.4 is 20.9 Å². The van der Waals surface area contributed by atoms with Gasteiger partial charge in [0, 0.05) is 12.2 Å². The largest absolute Gasteiger partial charge is 0.467 e. The highest BCUT2D eigenvalue weighted by Crippen LogP contribution is 2.32. The summed E-state index contributed by atoms with van der Waals surface area (Å²) < 4.78 is 5.06. The van der Waals surface area contributed by atoms with Gasteiger partial charge in [0.2, 0.25) is 11.9 Å². The van der Waals surface area contributed by atoms with Gasteiger partial charge >= 0.3 is 6.01 Å². The molecule has 0 aliphatic carbocycles. The lowest BCUT2D eigenvalue weighted by Crippen LogP contribution is -2.19. The Hall–Kier alpha value is -2.41. The van der Waals surface area contributed by atoms with Crippen molar-refractivity contribution in [2.24, 2.45) is 5.84 Å². The molecular weight excluding hydrogens is 244 g/mol. The zero-order valence-electron chi connectivity index (χ0n) is 10.5. The normalized spacial score (nSPS) is 13.3. The molecule has 1 aliphatic heterocycles. The van der Waals surface area contributed by atoms with Crippen LogP contribution in [-0.2, 0) is 6.42 Å². The standard InChI is InChI=1S/C12H14N6O/c1-19-12-15-10(17-13)14-11(16-12)18-7-6-8-4-2-3-5-9(8)18/h2-5H,6-7,13H2,1H3,(H,14,15,16,17). The number of ether oxygens (including phenoxy) is 1. The van der Waals surface area contributed by atoms with Gasteiger partial charge in [-0.15, -0.1) is 0 Å². The van der Waals surface area contributed by atoms with Crippen LogP contribution >= 0.6 is 0 Å². The van der Waals surface area contributed by atoms with Gasteiger partial charge in [-0.1, -0.05) is 18.2 Å². The van der Waals surface area contributed by atoms with Gasteiger partial charge in [0.05, 0.1) is 7.11 Å². The Morgan fingerprint density at radius 1 is 1.26 bits per heavy atom. The molecule has 0 atom stereocenters. The molecule has 0 fully saturated rings. The monoisotopic (exact) mass is 258 g/mol. The van der Waals surface area contributed by atoms with Crippen LogP contribution in [0.2, 0.25) is 0 Å². The van der Waals surface area contributed by atoms with Gasteiger partial charge in [-0.3, -0.25) is 5.43 Å². The van der Waals surface area contributed by atoms with Crippen LogP contribution in [0.1, 0.15) is 5.56 Å². The van der Waals surface area contributed by atoms with Crippen molar-refractivity contribution in [3.05, 3.63) is 29.8 Å². The van der Waals surface area contributed by atoms with Crippen molar-refractivity contribution in [3.63, 3.8) is 0 Å². The molecule has 1 aliphatic rings. The number of hydrogen-bond donors (Lipinski definition) is 2. The number of rotatable bonds is 3. The summed E-state index contributed by atoms with van der Waals surface area (Å²) in [6.07, 6.45) is 0.968. The first-order valence-corrected chi connectivity index (χ1v) is 5.94. The topological polar surface area (TPSA) is 89.2 Å². The van der Waals surface area contributed by atoms with E-state index in [0.717, 1.165) is 18.7 Å². The molecule has 1 aromatic carbocycles. The van der Waals surface area contributed by atoms with E-state index in [1.807, 2.05) is 23.1 Å². The quantitative estimate of drug-likeness (QED) is 0.623. The first-order chi connectivity index (χ1) is 9.31. The van der Waals surface area contributed by atoms with Gasteiger partial charge in [0.25, 0.3) is 0 Å². The van der Waals surface area contributed by atoms with Crippen LogP contribution in [0, 0.1) is 0 Å². The molecule has 98 valence electrons. The lowest BCUT2D eigenvalue weighted by atomic mass is 10.2. The van der Waals surface area contributed by atoms with Gasteiger partial charge < -0.3 is 9.64 Å². The SMILES string of the molecule is COc1nc(NN)nc(N2CCc3ccccc32)n1. The number of nitrogens with one attached hydrogen (secondary N) is 1. The summed E-state index contributed by atoms with van der Waals surface area (Å²) in [6.45, 7) is 0.830. The van der Waals surface area contributed by atoms with Gasteiger partial charge in [-0.05, 0) is 18.1 Å². The first-order valence-electron chi connectivity index (χ1n) is 5.94. The van der Waals surface area contributed by atoms with Crippen LogP contribution in [0.5, 0.6) is 6.01 Å². The summed E-state index contributed by atoms with van der Waals surface area (Å²) in [6, 6.07) is 8.42. The Morgan fingerprint density at radius 2 is 2.11 bits per heavy atom. The zero-order chi connectivity index (χ0) is 13.2. The lowest BCUT2D eigenvalue weighted by Gasteiger charge is -2.17. The van der Waals surface area contributed by atoms with Crippen LogP contribution in [0.15, 0.2) is 24.3 Å². The number of methoxy groups -OCH3 is 1. The average molecular weight is 258 g/mol. The number of nitrogen functional groups attached to an aromatic ring is 1. The fourth-order valence-corrected chi connectivity index (χ4v) is 2.17. The average Bonchev–Trinajstić information content (AvgIpc) is 2.90. The predicted octanol–water partition coefficient (Wildman–Crippen LogP) is 0.860. The minimum absolute atomic E-state index is 0.238. The highest BCUT2D eigenvalue weighted by molar-refractivity contribution is 5.66. The molecule has 3 rings (SSSR count). The predicted molar refractivity (Wildman–Crippen MR) is 71.3 cm³/mol. The van der Waals surface area contributed by atoms with Crippen molar-refractivity contribution >= 4 is 17.6 Å². The summed E-state index contributed by atoms with van der Waals surface area (Å²) in [5.41, 5.74) is 4.81. The molecule has 0 spiro atoms. The third kappa shape index (κ3) is 2.04. The number of anilines is 3. The Labute approximate surface area is 110 Å². The second-order valence-electron chi connectivity index (χ2n) is 4.12. The molecule has 2 aromatic rings. The number of nitrogens with two attached hydrogens (primary N) is 1. The van der Waals surface area contributed by atoms with Gasteiger partial charge in [0.15, 0.2) is 0 Å². The lowest BCUT2D eigenvalue weighted by molar-refractivity contribution is 0.379. The number of nitrogens with zero attached hydrogens (tertiary/aromatic N) is 4. The molecule has 0 unspecified atom stereocenters. The van der Waals surface area contributed by atoms with Crippen LogP contribution in [0.3, 0.4) is 0 Å². The number of aromatic nitrogens is 3. The maximum Gasteiger partial charge on any atom is 0.322 e. The second-order valence-corrected chi connectivity index (χ2v) is 4.12. The number of fused-ring (bicyclic) bond motifs is 1. The van der Waals surface area contributed by atoms with Crippen LogP contribution in [0.25, 0.3) is 0 Å². The third-order valence-corrected chi connectivity index (χ3v) is 3.04. The van der Waals surface area contributed by atoms with Crippen molar-refractivity contribution in [2.45, 2.75) is 6.42 Å². The molecular formula is C12H14N6O. The van der Waals surface area contributed by atoms with Crippen LogP contribution in [0.4, 0.5) is 17.6 Å². The summed E-state index contributed by atoms with van der Waals surface area (Å²) in [5, 5.41) is 0. The van der Waals surface area contributed by atoms with Crippen LogP contribution in [-0.4, -0.2) is 28.6 Å². The van der Waals surface area contributed by atoms with E-state index in [9.17, 15) is 0 Å². The molecule has 7 heteroatoms. The Balaban J connectivity index is 2.04. The highest BCUT2D eigenvalue weighted by atomic mass is 16.5. The van der Waals surface area contributed by atoms with Crippen molar-refractivity contribution in [3.8, 4) is 6.01 Å². The maximum absolute atomic E-state index is 5.36. The van der Waals surface area contributed by atoms with E-state index < -0.39 is 0 Å². The molecule has 0 saturated heterocycles. The van der Waals surface area contributed by atoms with E-state index in [-0.39, 0.29) is 12.0 Å². The maximum atomic E-state index is 5.36. The van der Waals surface area contributed by atoms with Gasteiger partial charge in [-0.2, -0.15) is 15.0 Å². The Kier molecular flexibility index (Phi) is 2.88. The summed E-state index contributed by atoms with van der Waals surface area (Å²) >= 11 is 0. The molecule has 1 aromatic heterocycles.